The Morgan fingerprint density at radius 2 is 2.30 bits per heavy atom. The summed E-state index contributed by atoms with van der Waals surface area (Å²) in [5.74, 6) is 0.0636. The Morgan fingerprint density at radius 3 is 2.90 bits per heavy atom. The first-order chi connectivity index (χ1) is 9.67. The van der Waals surface area contributed by atoms with Crippen molar-refractivity contribution in [1.29, 1.82) is 0 Å². The summed E-state index contributed by atoms with van der Waals surface area (Å²) in [5.41, 5.74) is 6.83. The van der Waals surface area contributed by atoms with Crippen molar-refractivity contribution in [3.8, 4) is 0 Å². The van der Waals surface area contributed by atoms with Crippen molar-refractivity contribution in [3.05, 3.63) is 30.1 Å². The van der Waals surface area contributed by atoms with E-state index in [0.29, 0.717) is 26.1 Å². The molecule has 0 saturated heterocycles. The van der Waals surface area contributed by atoms with Gasteiger partial charge in [-0.05, 0) is 18.6 Å². The second kappa shape index (κ2) is 9.44. The molecule has 0 bridgehead atoms. The number of ether oxygens (including phenoxy) is 1. The summed E-state index contributed by atoms with van der Waals surface area (Å²) in [6.07, 6.45) is 3.97. The van der Waals surface area contributed by atoms with E-state index >= 15 is 0 Å². The first-order valence-corrected chi connectivity index (χ1v) is 7.09. The van der Waals surface area contributed by atoms with E-state index < -0.39 is 0 Å². The summed E-state index contributed by atoms with van der Waals surface area (Å²) in [5, 5.41) is 0. The molecule has 2 N–H and O–H groups in total. The normalized spacial score (nSPS) is 12.2. The molecular formula is C15H25N3O2. The average Bonchev–Trinajstić information content (AvgIpc) is 2.44. The molecule has 0 saturated carbocycles. The van der Waals surface area contributed by atoms with Crippen molar-refractivity contribution in [2.45, 2.75) is 38.8 Å². The number of rotatable bonds is 9. The van der Waals surface area contributed by atoms with E-state index in [1.165, 1.54) is 0 Å². The van der Waals surface area contributed by atoms with E-state index in [1.54, 1.807) is 18.2 Å². The SMILES string of the molecule is CCCC(N)CC(=O)N(CCOC)Cc1ccccn1. The monoisotopic (exact) mass is 279 g/mol. The molecular weight excluding hydrogens is 254 g/mol. The number of nitrogens with two attached hydrogens (primary N) is 1. The van der Waals surface area contributed by atoms with E-state index in [-0.39, 0.29) is 11.9 Å². The number of carbonyl (C=O) groups is 1. The molecule has 5 nitrogen and oxygen atoms in total. The Kier molecular flexibility index (Phi) is 7.84. The molecule has 0 fully saturated rings. The van der Waals surface area contributed by atoms with Crippen molar-refractivity contribution in [2.75, 3.05) is 20.3 Å². The highest BCUT2D eigenvalue weighted by molar-refractivity contribution is 5.76. The molecule has 0 aliphatic carbocycles. The van der Waals surface area contributed by atoms with E-state index in [4.69, 9.17) is 10.5 Å². The quantitative estimate of drug-likeness (QED) is 0.745. The van der Waals surface area contributed by atoms with Gasteiger partial charge >= 0.3 is 0 Å². The van der Waals surface area contributed by atoms with Crippen molar-refractivity contribution in [3.63, 3.8) is 0 Å². The molecule has 0 aliphatic heterocycles. The van der Waals surface area contributed by atoms with E-state index in [9.17, 15) is 4.79 Å². The third-order valence-electron chi connectivity index (χ3n) is 3.09. The van der Waals surface area contributed by atoms with E-state index in [0.717, 1.165) is 18.5 Å². The number of carbonyl (C=O) groups excluding carboxylic acids is 1. The van der Waals surface area contributed by atoms with Crippen LogP contribution in [0.15, 0.2) is 24.4 Å². The number of nitrogens with zero attached hydrogens (tertiary/aromatic N) is 2. The second-order valence-electron chi connectivity index (χ2n) is 4.88. The minimum absolute atomic E-state index is 0.0636. The van der Waals surface area contributed by atoms with Crippen LogP contribution in [0.5, 0.6) is 0 Å². The number of methoxy groups -OCH3 is 1. The molecule has 112 valence electrons. The molecule has 0 aliphatic rings. The number of pyridine rings is 1. The molecule has 1 aromatic heterocycles. The number of amides is 1. The number of hydrogen-bond acceptors (Lipinski definition) is 4. The molecule has 1 heterocycles. The van der Waals surface area contributed by atoms with Crippen LogP contribution in [0.3, 0.4) is 0 Å². The van der Waals surface area contributed by atoms with Gasteiger partial charge in [-0.1, -0.05) is 19.4 Å². The standard InChI is InChI=1S/C15H25N3O2/c1-3-6-13(16)11-15(19)18(9-10-20-2)12-14-7-4-5-8-17-14/h4-5,7-8,13H,3,6,9-12,16H2,1-2H3. The zero-order valence-electron chi connectivity index (χ0n) is 12.4. The first-order valence-electron chi connectivity index (χ1n) is 7.09. The van der Waals surface area contributed by atoms with Gasteiger partial charge in [-0.2, -0.15) is 0 Å². The Morgan fingerprint density at radius 1 is 1.50 bits per heavy atom. The molecule has 1 aromatic rings. The minimum atomic E-state index is -0.0683. The van der Waals surface area contributed by atoms with Gasteiger partial charge < -0.3 is 15.4 Å². The maximum atomic E-state index is 12.3. The predicted molar refractivity (Wildman–Crippen MR) is 79.0 cm³/mol. The molecule has 0 aromatic carbocycles. The third kappa shape index (κ3) is 6.12. The molecule has 1 unspecified atom stereocenters. The van der Waals surface area contributed by atoms with Crippen LogP contribution in [0, 0.1) is 0 Å². The fourth-order valence-electron chi connectivity index (χ4n) is 2.01. The molecule has 0 radical (unpaired) electrons. The summed E-state index contributed by atoms with van der Waals surface area (Å²) in [6, 6.07) is 5.63. The molecule has 20 heavy (non-hydrogen) atoms. The molecule has 1 rings (SSSR count). The predicted octanol–water partition coefficient (Wildman–Crippen LogP) is 1.57. The Bertz CT molecular complexity index is 384. The van der Waals surface area contributed by atoms with Crippen LogP contribution in [-0.2, 0) is 16.1 Å². The van der Waals surface area contributed by atoms with Crippen LogP contribution in [0.25, 0.3) is 0 Å². The van der Waals surface area contributed by atoms with Gasteiger partial charge in [0.1, 0.15) is 0 Å². The smallest absolute Gasteiger partial charge is 0.224 e. The van der Waals surface area contributed by atoms with E-state index in [2.05, 4.69) is 11.9 Å². The summed E-state index contributed by atoms with van der Waals surface area (Å²) >= 11 is 0. The maximum Gasteiger partial charge on any atom is 0.224 e. The van der Waals surface area contributed by atoms with Gasteiger partial charge in [-0.15, -0.1) is 0 Å². The molecule has 0 spiro atoms. The van der Waals surface area contributed by atoms with Crippen molar-refractivity contribution in [2.24, 2.45) is 5.73 Å². The van der Waals surface area contributed by atoms with Crippen molar-refractivity contribution < 1.29 is 9.53 Å². The van der Waals surface area contributed by atoms with Crippen LogP contribution >= 0.6 is 0 Å². The van der Waals surface area contributed by atoms with Crippen LogP contribution < -0.4 is 5.73 Å². The summed E-state index contributed by atoms with van der Waals surface area (Å²) in [4.78, 5) is 18.3. The van der Waals surface area contributed by atoms with Gasteiger partial charge in [0.2, 0.25) is 5.91 Å². The lowest BCUT2D eigenvalue weighted by atomic mass is 10.1. The maximum absolute atomic E-state index is 12.3. The lowest BCUT2D eigenvalue weighted by Gasteiger charge is -2.23. The van der Waals surface area contributed by atoms with Gasteiger partial charge in [-0.3, -0.25) is 9.78 Å². The minimum Gasteiger partial charge on any atom is -0.383 e. The highest BCUT2D eigenvalue weighted by Gasteiger charge is 2.17. The van der Waals surface area contributed by atoms with Crippen LogP contribution in [-0.4, -0.2) is 42.1 Å². The molecule has 5 heteroatoms. The van der Waals surface area contributed by atoms with Crippen molar-refractivity contribution >= 4 is 5.91 Å². The first kappa shape index (κ1) is 16.6. The fourth-order valence-corrected chi connectivity index (χ4v) is 2.01. The van der Waals surface area contributed by atoms with Gasteiger partial charge in [0.15, 0.2) is 0 Å². The molecule has 1 amide bonds. The summed E-state index contributed by atoms with van der Waals surface area (Å²) in [7, 11) is 1.63. The fraction of sp³-hybridized carbons (Fsp3) is 0.600. The zero-order valence-corrected chi connectivity index (χ0v) is 12.4. The number of hydrogen-bond donors (Lipinski definition) is 1. The van der Waals surface area contributed by atoms with Crippen LogP contribution in [0.1, 0.15) is 31.9 Å². The lowest BCUT2D eigenvalue weighted by Crippen LogP contribution is -2.37. The van der Waals surface area contributed by atoms with Gasteiger partial charge in [0.05, 0.1) is 18.8 Å². The Hall–Kier alpha value is -1.46. The van der Waals surface area contributed by atoms with Gasteiger partial charge in [0.25, 0.3) is 0 Å². The zero-order chi connectivity index (χ0) is 14.8. The molecule has 1 atom stereocenters. The third-order valence-corrected chi connectivity index (χ3v) is 3.09. The summed E-state index contributed by atoms with van der Waals surface area (Å²) < 4.78 is 5.07. The van der Waals surface area contributed by atoms with E-state index in [1.807, 2.05) is 18.2 Å². The van der Waals surface area contributed by atoms with Crippen molar-refractivity contribution in [1.82, 2.24) is 9.88 Å². The topological polar surface area (TPSA) is 68.5 Å². The summed E-state index contributed by atoms with van der Waals surface area (Å²) in [6.45, 7) is 3.65. The van der Waals surface area contributed by atoms with Gasteiger partial charge in [-0.25, -0.2) is 0 Å². The lowest BCUT2D eigenvalue weighted by molar-refractivity contribution is -0.132. The van der Waals surface area contributed by atoms with Crippen LogP contribution in [0.2, 0.25) is 0 Å². The Labute approximate surface area is 121 Å². The highest BCUT2D eigenvalue weighted by Crippen LogP contribution is 2.07. The Balaban J connectivity index is 2.60. The largest absolute Gasteiger partial charge is 0.383 e. The average molecular weight is 279 g/mol. The second-order valence-corrected chi connectivity index (χ2v) is 4.88. The number of aromatic nitrogens is 1. The van der Waals surface area contributed by atoms with Gasteiger partial charge in [0, 0.05) is 32.3 Å². The van der Waals surface area contributed by atoms with Crippen LogP contribution in [0.4, 0.5) is 0 Å². The highest BCUT2D eigenvalue weighted by atomic mass is 16.5.